The highest BCUT2D eigenvalue weighted by Crippen LogP contribution is 2.30. The van der Waals surface area contributed by atoms with Crippen LogP contribution in [0.15, 0.2) is 42.6 Å². The monoisotopic (exact) mass is 312 g/mol. The van der Waals surface area contributed by atoms with Crippen molar-refractivity contribution in [1.29, 1.82) is 0 Å². The number of nitrogens with zero attached hydrogens (tertiary/aromatic N) is 1. The van der Waals surface area contributed by atoms with Gasteiger partial charge in [-0.3, -0.25) is 4.79 Å². The average Bonchev–Trinajstić information content (AvgIpc) is 2.87. The Balaban J connectivity index is 2.18. The minimum Gasteiger partial charge on any atom is -0.484 e. The maximum Gasteiger partial charge on any atom is 0.340 e. The normalized spacial score (nSPS) is 10.8. The van der Waals surface area contributed by atoms with Gasteiger partial charge in [-0.2, -0.15) is 0 Å². The minimum absolute atomic E-state index is 0.195. The minimum atomic E-state index is -0.544. The van der Waals surface area contributed by atoms with Gasteiger partial charge < -0.3 is 19.6 Å². The molecule has 23 heavy (non-hydrogen) atoms. The standard InChI is InChI=1S/C17H16N2O4/c1-2-22-17(21)16-12-7-6-11(23-10-15(18)20)9-14(12)19-8-4-3-5-13(16)19/h3-9H,2,10H2,1H3,(H2,18,20). The van der Waals surface area contributed by atoms with Gasteiger partial charge in [-0.1, -0.05) is 6.07 Å². The number of nitrogens with two attached hydrogens (primary N) is 1. The molecule has 0 aliphatic rings. The van der Waals surface area contributed by atoms with Gasteiger partial charge in [-0.05, 0) is 31.2 Å². The number of pyridine rings is 1. The number of carbonyl (C=O) groups excluding carboxylic acids is 2. The number of fused-ring (bicyclic) bond motifs is 3. The van der Waals surface area contributed by atoms with Crippen molar-refractivity contribution >= 4 is 28.3 Å². The molecule has 0 saturated heterocycles. The zero-order valence-electron chi connectivity index (χ0n) is 12.6. The van der Waals surface area contributed by atoms with E-state index in [0.29, 0.717) is 17.9 Å². The van der Waals surface area contributed by atoms with E-state index in [1.54, 1.807) is 25.1 Å². The van der Waals surface area contributed by atoms with Gasteiger partial charge in [0.25, 0.3) is 5.91 Å². The first-order valence-corrected chi connectivity index (χ1v) is 7.23. The van der Waals surface area contributed by atoms with Gasteiger partial charge >= 0.3 is 5.97 Å². The molecule has 0 atom stereocenters. The zero-order chi connectivity index (χ0) is 16.4. The lowest BCUT2D eigenvalue weighted by Gasteiger charge is -2.04. The first-order chi connectivity index (χ1) is 11.1. The van der Waals surface area contributed by atoms with Crippen LogP contribution >= 0.6 is 0 Å². The fourth-order valence-corrected chi connectivity index (χ4v) is 2.58. The highest BCUT2D eigenvalue weighted by Gasteiger charge is 2.19. The summed E-state index contributed by atoms with van der Waals surface area (Å²) in [6, 6.07) is 10.8. The predicted octanol–water partition coefficient (Wildman–Crippen LogP) is 2.13. The lowest BCUT2D eigenvalue weighted by Crippen LogP contribution is -2.19. The lowest BCUT2D eigenvalue weighted by molar-refractivity contribution is -0.119. The van der Waals surface area contributed by atoms with Crippen molar-refractivity contribution in [2.45, 2.75) is 6.92 Å². The molecule has 6 nitrogen and oxygen atoms in total. The summed E-state index contributed by atoms with van der Waals surface area (Å²) in [6.07, 6.45) is 1.86. The Bertz CT molecular complexity index is 898. The van der Waals surface area contributed by atoms with Crippen LogP contribution in [-0.4, -0.2) is 29.5 Å². The van der Waals surface area contributed by atoms with E-state index in [2.05, 4.69) is 0 Å². The van der Waals surface area contributed by atoms with Gasteiger partial charge in [-0.25, -0.2) is 4.79 Å². The maximum atomic E-state index is 12.3. The van der Waals surface area contributed by atoms with Crippen molar-refractivity contribution in [1.82, 2.24) is 4.40 Å². The van der Waals surface area contributed by atoms with E-state index < -0.39 is 5.91 Å². The second-order valence-electron chi connectivity index (χ2n) is 4.99. The molecule has 118 valence electrons. The van der Waals surface area contributed by atoms with Gasteiger partial charge in [0, 0.05) is 17.6 Å². The van der Waals surface area contributed by atoms with E-state index in [0.717, 1.165) is 16.4 Å². The van der Waals surface area contributed by atoms with Gasteiger partial charge in [0.1, 0.15) is 5.75 Å². The Morgan fingerprint density at radius 1 is 1.17 bits per heavy atom. The molecule has 2 N–H and O–H groups in total. The van der Waals surface area contributed by atoms with E-state index in [4.69, 9.17) is 15.2 Å². The molecule has 0 fully saturated rings. The summed E-state index contributed by atoms with van der Waals surface area (Å²) >= 11 is 0. The second-order valence-corrected chi connectivity index (χ2v) is 4.99. The van der Waals surface area contributed by atoms with E-state index in [1.807, 2.05) is 28.8 Å². The topological polar surface area (TPSA) is 83.0 Å². The van der Waals surface area contributed by atoms with Crippen LogP contribution in [0.5, 0.6) is 5.75 Å². The van der Waals surface area contributed by atoms with Crippen LogP contribution in [0.25, 0.3) is 16.4 Å². The van der Waals surface area contributed by atoms with Crippen molar-refractivity contribution in [2.75, 3.05) is 13.2 Å². The first kappa shape index (κ1) is 14.9. The molecule has 0 aliphatic carbocycles. The lowest BCUT2D eigenvalue weighted by atomic mass is 10.1. The van der Waals surface area contributed by atoms with E-state index in [1.165, 1.54) is 0 Å². The largest absolute Gasteiger partial charge is 0.484 e. The highest BCUT2D eigenvalue weighted by molar-refractivity contribution is 6.11. The Morgan fingerprint density at radius 3 is 2.74 bits per heavy atom. The third-order valence-electron chi connectivity index (χ3n) is 3.47. The maximum absolute atomic E-state index is 12.3. The third-order valence-corrected chi connectivity index (χ3v) is 3.47. The Kier molecular flexibility index (Phi) is 3.89. The summed E-state index contributed by atoms with van der Waals surface area (Å²) in [5.41, 5.74) is 7.16. The van der Waals surface area contributed by atoms with E-state index in [9.17, 15) is 9.59 Å². The summed E-state index contributed by atoms with van der Waals surface area (Å²) in [6.45, 7) is 1.89. The van der Waals surface area contributed by atoms with Crippen molar-refractivity contribution in [3.8, 4) is 5.75 Å². The Morgan fingerprint density at radius 2 is 2.00 bits per heavy atom. The number of carbonyl (C=O) groups is 2. The molecule has 0 saturated carbocycles. The van der Waals surface area contributed by atoms with Crippen molar-refractivity contribution in [3.63, 3.8) is 0 Å². The molecule has 0 spiro atoms. The Hall–Kier alpha value is -3.02. The van der Waals surface area contributed by atoms with Crippen molar-refractivity contribution < 1.29 is 19.1 Å². The van der Waals surface area contributed by atoms with Crippen LogP contribution in [0.4, 0.5) is 0 Å². The highest BCUT2D eigenvalue weighted by atomic mass is 16.5. The Labute approximate surface area is 132 Å². The molecule has 3 rings (SSSR count). The second kappa shape index (κ2) is 6.00. The number of aromatic nitrogens is 1. The summed E-state index contributed by atoms with van der Waals surface area (Å²) in [5.74, 6) is -0.399. The molecule has 2 heterocycles. The van der Waals surface area contributed by atoms with Crippen LogP contribution in [-0.2, 0) is 9.53 Å². The number of hydrogen-bond acceptors (Lipinski definition) is 4. The number of amides is 1. The van der Waals surface area contributed by atoms with Crippen LogP contribution in [0, 0.1) is 0 Å². The van der Waals surface area contributed by atoms with Crippen LogP contribution in [0.1, 0.15) is 17.3 Å². The number of esters is 1. The first-order valence-electron chi connectivity index (χ1n) is 7.23. The molecule has 6 heteroatoms. The predicted molar refractivity (Wildman–Crippen MR) is 85.5 cm³/mol. The zero-order valence-corrected chi connectivity index (χ0v) is 12.6. The molecule has 1 aromatic carbocycles. The fraction of sp³-hybridized carbons (Fsp3) is 0.176. The quantitative estimate of drug-likeness (QED) is 0.732. The summed E-state index contributed by atoms with van der Waals surface area (Å²) in [5, 5.41) is 0.765. The van der Waals surface area contributed by atoms with E-state index >= 15 is 0 Å². The van der Waals surface area contributed by atoms with Gasteiger partial charge in [0.05, 0.1) is 23.2 Å². The molecule has 0 radical (unpaired) electrons. The molecular weight excluding hydrogens is 296 g/mol. The van der Waals surface area contributed by atoms with Crippen LogP contribution in [0.3, 0.4) is 0 Å². The van der Waals surface area contributed by atoms with Gasteiger partial charge in [0.2, 0.25) is 0 Å². The molecule has 1 amide bonds. The summed E-state index contributed by atoms with van der Waals surface area (Å²) in [7, 11) is 0. The van der Waals surface area contributed by atoms with Crippen LogP contribution in [0.2, 0.25) is 0 Å². The summed E-state index contributed by atoms with van der Waals surface area (Å²) in [4.78, 5) is 23.2. The molecule has 3 aromatic rings. The molecule has 0 unspecified atom stereocenters. The van der Waals surface area contributed by atoms with Crippen molar-refractivity contribution in [3.05, 3.63) is 48.2 Å². The average molecular weight is 312 g/mol. The molecule has 0 bridgehead atoms. The van der Waals surface area contributed by atoms with E-state index in [-0.39, 0.29) is 12.6 Å². The number of benzene rings is 1. The SMILES string of the molecule is CCOC(=O)c1c2ccc(OCC(N)=O)cc2n2ccccc12. The fourth-order valence-electron chi connectivity index (χ4n) is 2.58. The van der Waals surface area contributed by atoms with Crippen LogP contribution < -0.4 is 10.5 Å². The smallest absolute Gasteiger partial charge is 0.340 e. The van der Waals surface area contributed by atoms with Crippen molar-refractivity contribution in [2.24, 2.45) is 5.73 Å². The number of hydrogen-bond donors (Lipinski definition) is 1. The number of ether oxygens (including phenoxy) is 2. The summed E-state index contributed by atoms with van der Waals surface area (Å²) < 4.78 is 12.4. The number of rotatable bonds is 5. The molecule has 2 aromatic heterocycles. The van der Waals surface area contributed by atoms with Gasteiger partial charge in [0.15, 0.2) is 6.61 Å². The third kappa shape index (κ3) is 2.70. The molecular formula is C17H16N2O4. The van der Waals surface area contributed by atoms with Gasteiger partial charge in [-0.15, -0.1) is 0 Å². The molecule has 0 aliphatic heterocycles. The number of primary amides is 1.